The van der Waals surface area contributed by atoms with Gasteiger partial charge in [-0.3, -0.25) is 0 Å². The average Bonchev–Trinajstić information content (AvgIpc) is 2.50. The fraction of sp³-hybridized carbons (Fsp3) is 0.533. The number of hydrogen-bond acceptors (Lipinski definition) is 1. The van der Waals surface area contributed by atoms with E-state index >= 15 is 0 Å². The zero-order valence-electron chi connectivity index (χ0n) is 14.2. The standard InChI is InChI=1S/C15H26N4O2.4ClH/c16-7-10-17-8-4-9-18-11-12-19-14(15(20)21)13-5-2-1-3-6-13;;;;/h1-3,5-6,14,17-19H,4,7-12,16H2,(H,20,21);4*1H. The number of carboxylic acids is 1. The number of benzene rings is 1. The highest BCUT2D eigenvalue weighted by Gasteiger charge is 2.22. The van der Waals surface area contributed by atoms with Crippen LogP contribution in [-0.2, 0) is 4.79 Å². The van der Waals surface area contributed by atoms with E-state index in [9.17, 15) is 9.90 Å². The second kappa shape index (κ2) is 21.7. The Morgan fingerprint density at radius 1 is 0.920 bits per heavy atom. The highest BCUT2D eigenvalue weighted by Crippen LogP contribution is 2.07. The van der Waals surface area contributed by atoms with Crippen LogP contribution in [0.4, 0.5) is 0 Å². The maximum Gasteiger partial charge on any atom is 0.367 e. The van der Waals surface area contributed by atoms with Crippen molar-refractivity contribution in [1.82, 2.24) is 0 Å². The van der Waals surface area contributed by atoms with E-state index in [0.717, 1.165) is 44.8 Å². The summed E-state index contributed by atoms with van der Waals surface area (Å²) in [4.78, 5) is 11.3. The summed E-state index contributed by atoms with van der Waals surface area (Å²) < 4.78 is 0. The Hall–Kier alpha value is -0.310. The molecule has 0 amide bonds. The molecule has 0 aliphatic carbocycles. The number of carbonyl (C=O) groups is 1. The first kappa shape index (κ1) is 32.4. The van der Waals surface area contributed by atoms with Crippen LogP contribution in [0.5, 0.6) is 0 Å². The molecule has 0 fully saturated rings. The van der Waals surface area contributed by atoms with Crippen LogP contribution < -0.4 is 71.3 Å². The van der Waals surface area contributed by atoms with Gasteiger partial charge < -0.3 is 76.4 Å². The number of hydrogen-bond donors (Lipinski definition) is 5. The number of aliphatic carboxylic acids is 1. The van der Waals surface area contributed by atoms with Gasteiger partial charge in [0.15, 0.2) is 0 Å². The van der Waals surface area contributed by atoms with Crippen molar-refractivity contribution in [3.05, 3.63) is 35.9 Å². The van der Waals surface area contributed by atoms with E-state index in [4.69, 9.17) is 0 Å². The normalized spacial score (nSPS) is 10.3. The summed E-state index contributed by atoms with van der Waals surface area (Å²) in [5.41, 5.74) is 4.66. The first-order valence-corrected chi connectivity index (χ1v) is 7.79. The van der Waals surface area contributed by atoms with E-state index in [1.807, 2.05) is 35.6 Å². The van der Waals surface area contributed by atoms with Crippen LogP contribution in [0.1, 0.15) is 18.0 Å². The van der Waals surface area contributed by atoms with Crippen LogP contribution in [0.2, 0.25) is 0 Å². The Morgan fingerprint density at radius 3 is 2.00 bits per heavy atom. The Kier molecular flexibility index (Phi) is 28.1. The zero-order valence-corrected chi connectivity index (χ0v) is 17.2. The number of halogens is 4. The molecule has 0 radical (unpaired) electrons. The third-order valence-electron chi connectivity index (χ3n) is 3.42. The molecule has 1 aromatic carbocycles. The van der Waals surface area contributed by atoms with Gasteiger partial charge in [-0.25, -0.2) is 4.79 Å². The molecular formula is C15H30Cl4N4O2. The number of nitrogens with two attached hydrogens (primary N) is 3. The van der Waals surface area contributed by atoms with E-state index in [1.54, 1.807) is 0 Å². The van der Waals surface area contributed by atoms with Gasteiger partial charge in [-0.05, 0) is 0 Å². The van der Waals surface area contributed by atoms with Gasteiger partial charge in [-0.1, -0.05) is 30.3 Å². The molecule has 0 heterocycles. The maximum atomic E-state index is 11.3. The van der Waals surface area contributed by atoms with Gasteiger partial charge in [0, 0.05) is 12.0 Å². The van der Waals surface area contributed by atoms with Gasteiger partial charge in [0.2, 0.25) is 6.04 Å². The van der Waals surface area contributed by atoms with Crippen molar-refractivity contribution in [3.8, 4) is 0 Å². The Labute approximate surface area is 174 Å². The van der Waals surface area contributed by atoms with Crippen LogP contribution in [0.15, 0.2) is 30.3 Å². The molecule has 10 heteroatoms. The molecule has 0 saturated heterocycles. The van der Waals surface area contributed by atoms with Crippen molar-refractivity contribution in [2.24, 2.45) is 0 Å². The van der Waals surface area contributed by atoms with Gasteiger partial charge in [0.05, 0.1) is 13.1 Å². The van der Waals surface area contributed by atoms with Crippen molar-refractivity contribution in [2.75, 3.05) is 39.3 Å². The fourth-order valence-electron chi connectivity index (χ4n) is 2.26. The topological polar surface area (TPSA) is 115 Å². The lowest BCUT2D eigenvalue weighted by atomic mass is 10.1. The highest BCUT2D eigenvalue weighted by molar-refractivity contribution is 5.73. The van der Waals surface area contributed by atoms with Crippen molar-refractivity contribution < 1.29 is 81.2 Å². The first-order valence-electron chi connectivity index (χ1n) is 7.79. The lowest BCUT2D eigenvalue weighted by Crippen LogP contribution is -3.00. The summed E-state index contributed by atoms with van der Waals surface area (Å²) in [6, 6.07) is 8.92. The largest absolute Gasteiger partial charge is 1.00 e. The minimum atomic E-state index is -0.774. The van der Waals surface area contributed by atoms with Crippen LogP contribution >= 0.6 is 0 Å². The zero-order chi connectivity index (χ0) is 15.3. The minimum absolute atomic E-state index is 0. The summed E-state index contributed by atoms with van der Waals surface area (Å²) in [5, 5.41) is 15.8. The van der Waals surface area contributed by atoms with E-state index in [2.05, 4.69) is 16.4 Å². The van der Waals surface area contributed by atoms with Gasteiger partial charge in [0.1, 0.15) is 26.2 Å². The molecule has 1 unspecified atom stereocenters. The molecule has 0 bridgehead atoms. The Morgan fingerprint density at radius 2 is 1.48 bits per heavy atom. The van der Waals surface area contributed by atoms with Crippen molar-refractivity contribution in [3.63, 3.8) is 0 Å². The van der Waals surface area contributed by atoms with Crippen LogP contribution in [0.25, 0.3) is 0 Å². The van der Waals surface area contributed by atoms with E-state index in [-0.39, 0.29) is 49.6 Å². The lowest BCUT2D eigenvalue weighted by Gasteiger charge is -2.11. The van der Waals surface area contributed by atoms with E-state index in [0.29, 0.717) is 0 Å². The second-order valence-electron chi connectivity index (χ2n) is 5.19. The van der Waals surface area contributed by atoms with Gasteiger partial charge in [0.25, 0.3) is 0 Å². The van der Waals surface area contributed by atoms with E-state index < -0.39 is 12.0 Å². The summed E-state index contributed by atoms with van der Waals surface area (Å²) in [6.45, 7) is 6.10. The first-order chi connectivity index (χ1) is 10.3. The smallest absolute Gasteiger partial charge is 0.367 e. The van der Waals surface area contributed by atoms with Gasteiger partial charge >= 0.3 is 5.97 Å². The number of quaternary nitrogens is 4. The second-order valence-corrected chi connectivity index (χ2v) is 5.19. The average molecular weight is 440 g/mol. The van der Waals surface area contributed by atoms with Gasteiger partial charge in [-0.15, -0.1) is 0 Å². The molecule has 150 valence electrons. The molecule has 0 spiro atoms. The predicted molar refractivity (Wildman–Crippen MR) is 79.3 cm³/mol. The Bertz CT molecular complexity index is 402. The summed E-state index contributed by atoms with van der Waals surface area (Å²) in [7, 11) is 0. The molecule has 25 heavy (non-hydrogen) atoms. The summed E-state index contributed by atoms with van der Waals surface area (Å²) in [6.07, 6.45) is 1.18. The predicted octanol–water partition coefficient (Wildman–Crippen LogP) is -15.8. The highest BCUT2D eigenvalue weighted by atomic mass is 35.5. The van der Waals surface area contributed by atoms with Crippen LogP contribution in [0.3, 0.4) is 0 Å². The third-order valence-corrected chi connectivity index (χ3v) is 3.42. The minimum Gasteiger partial charge on any atom is -1.00 e. The summed E-state index contributed by atoms with van der Waals surface area (Å²) >= 11 is 0. The molecule has 1 rings (SSSR count). The quantitative estimate of drug-likeness (QED) is 0.208. The molecule has 0 aliphatic heterocycles. The van der Waals surface area contributed by atoms with Crippen molar-refractivity contribution in [1.29, 1.82) is 0 Å². The molecule has 0 aliphatic rings. The molecule has 1 atom stereocenters. The summed E-state index contributed by atoms with van der Waals surface area (Å²) in [5.74, 6) is -0.774. The molecule has 6 nitrogen and oxygen atoms in total. The molecule has 1 aromatic rings. The van der Waals surface area contributed by atoms with Crippen molar-refractivity contribution >= 4 is 5.97 Å². The van der Waals surface area contributed by atoms with Gasteiger partial charge in [-0.2, -0.15) is 0 Å². The van der Waals surface area contributed by atoms with Crippen LogP contribution in [0, 0.1) is 0 Å². The maximum absolute atomic E-state index is 11.3. The third kappa shape index (κ3) is 15.6. The Balaban J connectivity index is -0.000000551. The molecule has 10 N–H and O–H groups in total. The lowest BCUT2D eigenvalue weighted by molar-refractivity contribution is -0.741. The van der Waals surface area contributed by atoms with E-state index in [1.165, 1.54) is 6.42 Å². The number of rotatable bonds is 12. The molecular weight excluding hydrogens is 410 g/mol. The molecule has 0 saturated carbocycles. The fourth-order valence-corrected chi connectivity index (χ4v) is 2.26. The monoisotopic (exact) mass is 438 g/mol. The van der Waals surface area contributed by atoms with Crippen LogP contribution in [-0.4, -0.2) is 50.3 Å². The SMILES string of the molecule is [Cl-].[Cl-].[Cl-].[Cl-].[NH3+]CC[NH2+]CCC[NH2+]CC[NH2+]C(C(=O)O)c1ccccc1. The number of carboxylic acid groups (broad SMARTS) is 1. The van der Waals surface area contributed by atoms with Crippen molar-refractivity contribution in [2.45, 2.75) is 12.5 Å². The molecule has 0 aromatic heterocycles.